The molecule has 0 spiro atoms. The van der Waals surface area contributed by atoms with Crippen LogP contribution in [0.25, 0.3) is 0 Å². The molecule has 0 radical (unpaired) electrons. The molecule has 0 aliphatic heterocycles. The fourth-order valence-electron chi connectivity index (χ4n) is 1.10. The van der Waals surface area contributed by atoms with Gasteiger partial charge in [-0.3, -0.25) is 20.6 Å². The summed E-state index contributed by atoms with van der Waals surface area (Å²) in [6.45, 7) is 0. The molecule has 0 heterocycles. The number of hydrogen-bond donors (Lipinski definition) is 2. The standard InChI is InChI=1S/C8H14N2O2/c1-11-9-7-4-3-5-8(6-7)10-12-2/h4,6,9-10H,3,5H2,1-2H3. The Hall–Kier alpha value is -1.00. The average molecular weight is 170 g/mol. The topological polar surface area (TPSA) is 42.5 Å². The van der Waals surface area contributed by atoms with Crippen molar-refractivity contribution in [3.8, 4) is 0 Å². The second kappa shape index (κ2) is 4.79. The molecule has 0 aromatic heterocycles. The van der Waals surface area contributed by atoms with Crippen molar-refractivity contribution in [3.05, 3.63) is 23.5 Å². The smallest absolute Gasteiger partial charge is 0.0636 e. The molecule has 4 heteroatoms. The van der Waals surface area contributed by atoms with E-state index in [9.17, 15) is 0 Å². The van der Waals surface area contributed by atoms with Gasteiger partial charge < -0.3 is 0 Å². The Morgan fingerprint density at radius 1 is 1.25 bits per heavy atom. The zero-order chi connectivity index (χ0) is 8.81. The molecule has 1 aliphatic rings. The van der Waals surface area contributed by atoms with Crippen molar-refractivity contribution in [3.63, 3.8) is 0 Å². The molecule has 1 aliphatic carbocycles. The van der Waals surface area contributed by atoms with Crippen LogP contribution in [0.2, 0.25) is 0 Å². The highest BCUT2D eigenvalue weighted by Crippen LogP contribution is 2.12. The molecule has 0 unspecified atom stereocenters. The first kappa shape index (κ1) is 9.09. The highest BCUT2D eigenvalue weighted by Gasteiger charge is 2.03. The van der Waals surface area contributed by atoms with E-state index in [0.29, 0.717) is 0 Å². The largest absolute Gasteiger partial charge is 0.280 e. The van der Waals surface area contributed by atoms with E-state index in [1.165, 1.54) is 0 Å². The van der Waals surface area contributed by atoms with Gasteiger partial charge in [-0.15, -0.1) is 0 Å². The van der Waals surface area contributed by atoms with E-state index >= 15 is 0 Å². The summed E-state index contributed by atoms with van der Waals surface area (Å²) in [5, 5.41) is 0. The molecule has 1 rings (SSSR count). The van der Waals surface area contributed by atoms with Crippen LogP contribution in [0.15, 0.2) is 23.5 Å². The lowest BCUT2D eigenvalue weighted by Crippen LogP contribution is -2.17. The van der Waals surface area contributed by atoms with Crippen LogP contribution in [0.1, 0.15) is 12.8 Å². The second-order valence-corrected chi connectivity index (χ2v) is 2.48. The van der Waals surface area contributed by atoms with E-state index in [4.69, 9.17) is 9.68 Å². The highest BCUT2D eigenvalue weighted by molar-refractivity contribution is 5.24. The maximum absolute atomic E-state index is 4.79. The zero-order valence-electron chi connectivity index (χ0n) is 7.39. The Kier molecular flexibility index (Phi) is 3.63. The number of nitrogens with one attached hydrogen (secondary N) is 2. The Morgan fingerprint density at radius 2 is 2.00 bits per heavy atom. The summed E-state index contributed by atoms with van der Waals surface area (Å²) >= 11 is 0. The van der Waals surface area contributed by atoms with Gasteiger partial charge in [-0.1, -0.05) is 6.08 Å². The summed E-state index contributed by atoms with van der Waals surface area (Å²) in [7, 11) is 3.19. The van der Waals surface area contributed by atoms with Gasteiger partial charge in [0.15, 0.2) is 0 Å². The molecule has 0 saturated heterocycles. The summed E-state index contributed by atoms with van der Waals surface area (Å²) < 4.78 is 0. The van der Waals surface area contributed by atoms with Gasteiger partial charge in [0, 0.05) is 5.70 Å². The van der Waals surface area contributed by atoms with E-state index in [2.05, 4.69) is 17.0 Å². The summed E-state index contributed by atoms with van der Waals surface area (Å²) in [5.41, 5.74) is 7.58. The fraction of sp³-hybridized carbons (Fsp3) is 0.500. The lowest BCUT2D eigenvalue weighted by Gasteiger charge is -2.14. The third-order valence-electron chi connectivity index (χ3n) is 1.56. The maximum atomic E-state index is 4.79. The summed E-state index contributed by atoms with van der Waals surface area (Å²) in [5.74, 6) is 0. The van der Waals surface area contributed by atoms with Gasteiger partial charge in [-0.25, -0.2) is 0 Å². The van der Waals surface area contributed by atoms with Crippen molar-refractivity contribution in [2.24, 2.45) is 0 Å². The Balaban J connectivity index is 2.48. The Morgan fingerprint density at radius 3 is 2.67 bits per heavy atom. The minimum Gasteiger partial charge on any atom is -0.280 e. The van der Waals surface area contributed by atoms with E-state index < -0.39 is 0 Å². The Bertz CT molecular complexity index is 199. The van der Waals surface area contributed by atoms with E-state index in [1.54, 1.807) is 14.2 Å². The average Bonchev–Trinajstić information content (AvgIpc) is 2.06. The van der Waals surface area contributed by atoms with Gasteiger partial charge in [0.25, 0.3) is 0 Å². The van der Waals surface area contributed by atoms with Gasteiger partial charge >= 0.3 is 0 Å². The van der Waals surface area contributed by atoms with E-state index in [-0.39, 0.29) is 0 Å². The third-order valence-corrected chi connectivity index (χ3v) is 1.56. The maximum Gasteiger partial charge on any atom is 0.0636 e. The van der Waals surface area contributed by atoms with Gasteiger partial charge in [0.05, 0.1) is 19.9 Å². The summed E-state index contributed by atoms with van der Waals surface area (Å²) in [6, 6.07) is 0. The molecule has 0 bridgehead atoms. The Labute approximate surface area is 72.1 Å². The molecule has 0 amide bonds. The van der Waals surface area contributed by atoms with Crippen LogP contribution < -0.4 is 11.0 Å². The van der Waals surface area contributed by atoms with Crippen molar-refractivity contribution in [1.82, 2.24) is 11.0 Å². The molecular formula is C8H14N2O2. The molecular weight excluding hydrogens is 156 g/mol. The monoisotopic (exact) mass is 170 g/mol. The molecule has 2 N–H and O–H groups in total. The van der Waals surface area contributed by atoms with Crippen molar-refractivity contribution in [1.29, 1.82) is 0 Å². The summed E-state index contributed by atoms with van der Waals surface area (Å²) in [4.78, 5) is 9.57. The SMILES string of the molecule is CONC1=CCCC(NOC)=C1. The predicted octanol–water partition coefficient (Wildman–Crippen LogP) is 0.850. The first-order valence-corrected chi connectivity index (χ1v) is 3.85. The van der Waals surface area contributed by atoms with Gasteiger partial charge in [-0.05, 0) is 18.9 Å². The molecule has 4 nitrogen and oxygen atoms in total. The molecule has 0 fully saturated rings. The number of allylic oxidation sites excluding steroid dienone is 3. The van der Waals surface area contributed by atoms with Gasteiger partial charge in [0.2, 0.25) is 0 Å². The molecule has 0 aromatic rings. The van der Waals surface area contributed by atoms with Crippen LogP contribution >= 0.6 is 0 Å². The summed E-state index contributed by atoms with van der Waals surface area (Å²) in [6.07, 6.45) is 6.00. The lowest BCUT2D eigenvalue weighted by molar-refractivity contribution is 0.110. The first-order chi connectivity index (χ1) is 5.86. The zero-order valence-corrected chi connectivity index (χ0v) is 7.39. The van der Waals surface area contributed by atoms with Gasteiger partial charge in [-0.2, -0.15) is 0 Å². The van der Waals surface area contributed by atoms with E-state index in [1.807, 2.05) is 6.08 Å². The quantitative estimate of drug-likeness (QED) is 0.614. The normalized spacial score (nSPS) is 16.5. The van der Waals surface area contributed by atoms with Crippen LogP contribution in [-0.4, -0.2) is 14.2 Å². The minimum atomic E-state index is 0.961. The minimum absolute atomic E-state index is 0.961. The van der Waals surface area contributed by atoms with Crippen LogP contribution in [-0.2, 0) is 9.68 Å². The highest BCUT2D eigenvalue weighted by atomic mass is 16.6. The number of rotatable bonds is 4. The number of hydrogen-bond acceptors (Lipinski definition) is 4. The van der Waals surface area contributed by atoms with E-state index in [0.717, 1.165) is 24.2 Å². The van der Waals surface area contributed by atoms with Crippen LogP contribution in [0.3, 0.4) is 0 Å². The first-order valence-electron chi connectivity index (χ1n) is 3.85. The number of hydroxylamine groups is 2. The van der Waals surface area contributed by atoms with Crippen molar-refractivity contribution in [2.45, 2.75) is 12.8 Å². The molecule has 0 atom stereocenters. The van der Waals surface area contributed by atoms with Crippen molar-refractivity contribution < 1.29 is 9.68 Å². The molecule has 12 heavy (non-hydrogen) atoms. The van der Waals surface area contributed by atoms with Crippen LogP contribution in [0, 0.1) is 0 Å². The van der Waals surface area contributed by atoms with Crippen molar-refractivity contribution in [2.75, 3.05) is 14.2 Å². The third kappa shape index (κ3) is 2.56. The predicted molar refractivity (Wildman–Crippen MR) is 45.7 cm³/mol. The van der Waals surface area contributed by atoms with Gasteiger partial charge in [0.1, 0.15) is 0 Å². The molecule has 68 valence electrons. The lowest BCUT2D eigenvalue weighted by atomic mass is 10.1. The van der Waals surface area contributed by atoms with Crippen LogP contribution in [0.4, 0.5) is 0 Å². The van der Waals surface area contributed by atoms with Crippen LogP contribution in [0.5, 0.6) is 0 Å². The molecule has 0 saturated carbocycles. The molecule has 0 aromatic carbocycles. The van der Waals surface area contributed by atoms with Crippen molar-refractivity contribution >= 4 is 0 Å². The second-order valence-electron chi connectivity index (χ2n) is 2.48. The fourth-order valence-corrected chi connectivity index (χ4v) is 1.10.